The Morgan fingerprint density at radius 1 is 1.21 bits per heavy atom. The van der Waals surface area contributed by atoms with Crippen molar-refractivity contribution in [2.45, 2.75) is 38.8 Å². The van der Waals surface area contributed by atoms with Gasteiger partial charge in [-0.3, -0.25) is 4.90 Å². The second-order valence-corrected chi connectivity index (χ2v) is 6.12. The largest absolute Gasteiger partial charge is 0.461 e. The third-order valence-electron chi connectivity index (χ3n) is 4.47. The van der Waals surface area contributed by atoms with Gasteiger partial charge in [0.05, 0.1) is 0 Å². The molecule has 1 aromatic carbocycles. The van der Waals surface area contributed by atoms with Crippen LogP contribution in [0.2, 0.25) is 0 Å². The van der Waals surface area contributed by atoms with Crippen molar-refractivity contribution in [1.29, 1.82) is 0 Å². The summed E-state index contributed by atoms with van der Waals surface area (Å²) in [6.07, 6.45) is -7.53. The molecule has 0 saturated carbocycles. The molecule has 0 bridgehead atoms. The van der Waals surface area contributed by atoms with Crippen LogP contribution in [0.1, 0.15) is 31.9 Å². The fraction of sp³-hybridized carbons (Fsp3) is 0.647. The molecule has 1 saturated heterocycles. The van der Waals surface area contributed by atoms with Gasteiger partial charge in [0.15, 0.2) is 0 Å². The van der Waals surface area contributed by atoms with Crippen molar-refractivity contribution in [1.82, 2.24) is 10.2 Å². The molecule has 1 unspecified atom stereocenters. The van der Waals surface area contributed by atoms with E-state index in [9.17, 15) is 17.6 Å². The highest BCUT2D eigenvalue weighted by atomic mass is 19.3. The summed E-state index contributed by atoms with van der Waals surface area (Å²) in [6.45, 7) is 7.22. The Hall–Kier alpha value is -1.34. The van der Waals surface area contributed by atoms with Gasteiger partial charge in [0.2, 0.25) is 0 Å². The summed E-state index contributed by atoms with van der Waals surface area (Å²) in [7, 11) is 0. The summed E-state index contributed by atoms with van der Waals surface area (Å²) in [5.74, 6) is -0.000319. The Labute approximate surface area is 140 Å². The van der Waals surface area contributed by atoms with Crippen molar-refractivity contribution in [3.63, 3.8) is 0 Å². The highest BCUT2D eigenvalue weighted by Crippen LogP contribution is 2.39. The molecule has 7 heteroatoms. The van der Waals surface area contributed by atoms with E-state index in [4.69, 9.17) is 0 Å². The predicted octanol–water partition coefficient (Wildman–Crippen LogP) is 3.92. The number of piperazine rings is 1. The first kappa shape index (κ1) is 19.0. The molecular weight excluding hydrogens is 324 g/mol. The van der Waals surface area contributed by atoms with Gasteiger partial charge in [0.1, 0.15) is 5.75 Å². The minimum absolute atomic E-state index is 0.151. The maximum absolute atomic E-state index is 13.4. The number of nitrogens with one attached hydrogen (secondary N) is 1. The van der Waals surface area contributed by atoms with Crippen LogP contribution < -0.4 is 10.1 Å². The molecule has 3 nitrogen and oxygen atoms in total. The summed E-state index contributed by atoms with van der Waals surface area (Å²) in [4.78, 5) is 2.20. The predicted molar refractivity (Wildman–Crippen MR) is 84.7 cm³/mol. The molecule has 136 valence electrons. The topological polar surface area (TPSA) is 24.5 Å². The molecule has 0 amide bonds. The summed E-state index contributed by atoms with van der Waals surface area (Å²) in [5, 5.41) is 3.25. The fourth-order valence-corrected chi connectivity index (χ4v) is 3.06. The lowest BCUT2D eigenvalue weighted by Gasteiger charge is -2.39. The first-order valence-corrected chi connectivity index (χ1v) is 8.25. The number of hydrogen-bond donors (Lipinski definition) is 1. The first-order valence-electron chi connectivity index (χ1n) is 8.25. The van der Waals surface area contributed by atoms with Crippen molar-refractivity contribution >= 4 is 0 Å². The molecule has 1 aliphatic heterocycles. The molecule has 0 spiro atoms. The van der Waals surface area contributed by atoms with Crippen molar-refractivity contribution in [3.8, 4) is 5.75 Å². The van der Waals surface area contributed by atoms with Gasteiger partial charge in [-0.15, -0.1) is 0 Å². The molecule has 0 aromatic heterocycles. The minimum Gasteiger partial charge on any atom is -0.428 e. The van der Waals surface area contributed by atoms with Crippen LogP contribution in [-0.4, -0.2) is 43.6 Å². The molecular formula is C17H24F4N2O. The van der Waals surface area contributed by atoms with Crippen molar-refractivity contribution in [3.05, 3.63) is 29.8 Å². The third kappa shape index (κ3) is 4.39. The van der Waals surface area contributed by atoms with Crippen LogP contribution in [0, 0.1) is 5.92 Å². The van der Waals surface area contributed by atoms with E-state index in [1.807, 2.05) is 13.8 Å². The van der Waals surface area contributed by atoms with Gasteiger partial charge in [-0.1, -0.05) is 38.5 Å². The van der Waals surface area contributed by atoms with Crippen molar-refractivity contribution in [2.75, 3.05) is 26.2 Å². The lowest BCUT2D eigenvalue weighted by atomic mass is 9.90. The zero-order chi connectivity index (χ0) is 17.7. The molecule has 2 rings (SSSR count). The quantitative estimate of drug-likeness (QED) is 0.756. The number of alkyl halides is 4. The average Bonchev–Trinajstić information content (AvgIpc) is 2.57. The Bertz CT molecular complexity index is 521. The van der Waals surface area contributed by atoms with Crippen LogP contribution in [0.5, 0.6) is 5.75 Å². The highest BCUT2D eigenvalue weighted by molar-refractivity contribution is 5.37. The summed E-state index contributed by atoms with van der Waals surface area (Å²) >= 11 is 0. The number of hydrogen-bond acceptors (Lipinski definition) is 3. The van der Waals surface area contributed by atoms with Crippen LogP contribution in [0.25, 0.3) is 0 Å². The van der Waals surface area contributed by atoms with Crippen LogP contribution in [0.15, 0.2) is 24.3 Å². The minimum atomic E-state index is -4.50. The number of benzene rings is 1. The van der Waals surface area contributed by atoms with Gasteiger partial charge in [0.25, 0.3) is 0 Å². The smallest absolute Gasteiger partial charge is 0.428 e. The lowest BCUT2D eigenvalue weighted by Crippen LogP contribution is -2.46. The van der Waals surface area contributed by atoms with Gasteiger partial charge in [-0.25, -0.2) is 0 Å². The van der Waals surface area contributed by atoms with E-state index in [1.54, 1.807) is 12.1 Å². The van der Waals surface area contributed by atoms with E-state index in [2.05, 4.69) is 15.0 Å². The normalized spacial score (nSPS) is 19.3. The van der Waals surface area contributed by atoms with Gasteiger partial charge in [0, 0.05) is 37.8 Å². The third-order valence-corrected chi connectivity index (χ3v) is 4.47. The Morgan fingerprint density at radius 3 is 2.42 bits per heavy atom. The Morgan fingerprint density at radius 2 is 1.83 bits per heavy atom. The summed E-state index contributed by atoms with van der Waals surface area (Å²) < 4.78 is 56.3. The SMILES string of the molecule is CCC(C)[C@@H](c1ccccc1OC(F)(F)C(F)F)N1CCNCC1. The van der Waals surface area contributed by atoms with Crippen molar-refractivity contribution < 1.29 is 22.3 Å². The average molecular weight is 348 g/mol. The number of para-hydroxylation sites is 1. The molecule has 2 atom stereocenters. The Kier molecular flexibility index (Phi) is 6.46. The van der Waals surface area contributed by atoms with Crippen LogP contribution in [0.4, 0.5) is 17.6 Å². The monoisotopic (exact) mass is 348 g/mol. The summed E-state index contributed by atoms with van der Waals surface area (Å²) in [5.41, 5.74) is 0.536. The summed E-state index contributed by atoms with van der Waals surface area (Å²) in [6, 6.07) is 6.12. The Balaban J connectivity index is 2.35. The number of nitrogens with zero attached hydrogens (tertiary/aromatic N) is 1. The van der Waals surface area contributed by atoms with E-state index in [1.165, 1.54) is 12.1 Å². The van der Waals surface area contributed by atoms with Gasteiger partial charge < -0.3 is 10.1 Å². The standard InChI is InChI=1S/C17H24F4N2O/c1-3-12(2)15(23-10-8-22-9-11-23)13-6-4-5-7-14(13)24-17(20,21)16(18)19/h4-7,12,15-16,22H,3,8-11H2,1-2H3/t12?,15-/m0/s1. The van der Waals surface area contributed by atoms with E-state index >= 15 is 0 Å². The van der Waals surface area contributed by atoms with Gasteiger partial charge in [-0.05, 0) is 12.0 Å². The lowest BCUT2D eigenvalue weighted by molar-refractivity contribution is -0.253. The van der Waals surface area contributed by atoms with E-state index in [0.717, 1.165) is 32.6 Å². The number of rotatable bonds is 7. The molecule has 1 heterocycles. The number of halogens is 4. The molecule has 1 aliphatic rings. The van der Waals surface area contributed by atoms with Crippen molar-refractivity contribution in [2.24, 2.45) is 5.92 Å². The molecule has 1 aromatic rings. The maximum Gasteiger partial charge on any atom is 0.461 e. The van der Waals surface area contributed by atoms with Crippen LogP contribution in [0.3, 0.4) is 0 Å². The van der Waals surface area contributed by atoms with Gasteiger partial charge >= 0.3 is 12.5 Å². The number of ether oxygens (including phenoxy) is 1. The zero-order valence-electron chi connectivity index (χ0n) is 13.9. The molecule has 1 N–H and O–H groups in total. The molecule has 1 fully saturated rings. The maximum atomic E-state index is 13.4. The first-order chi connectivity index (χ1) is 11.4. The zero-order valence-corrected chi connectivity index (χ0v) is 13.9. The second kappa shape index (κ2) is 8.16. The highest BCUT2D eigenvalue weighted by Gasteiger charge is 2.45. The molecule has 0 aliphatic carbocycles. The second-order valence-electron chi connectivity index (χ2n) is 6.12. The van der Waals surface area contributed by atoms with Gasteiger partial charge in [-0.2, -0.15) is 17.6 Å². The fourth-order valence-electron chi connectivity index (χ4n) is 3.06. The molecule has 24 heavy (non-hydrogen) atoms. The van der Waals surface area contributed by atoms with Crippen LogP contribution in [-0.2, 0) is 0 Å². The van der Waals surface area contributed by atoms with E-state index in [-0.39, 0.29) is 17.7 Å². The van der Waals surface area contributed by atoms with E-state index < -0.39 is 12.5 Å². The molecule has 0 radical (unpaired) electrons. The van der Waals surface area contributed by atoms with Crippen LogP contribution >= 0.6 is 0 Å². The van der Waals surface area contributed by atoms with E-state index in [0.29, 0.717) is 5.56 Å².